The molecule has 13 heavy (non-hydrogen) atoms. The van der Waals surface area contributed by atoms with Gasteiger partial charge in [-0.05, 0) is 6.92 Å². The van der Waals surface area contributed by atoms with Gasteiger partial charge in [0.25, 0.3) is 0 Å². The summed E-state index contributed by atoms with van der Waals surface area (Å²) < 4.78 is 4.78. The Bertz CT molecular complexity index is 284. The Hall–Kier alpha value is -1.59. The van der Waals surface area contributed by atoms with Crippen molar-refractivity contribution in [2.24, 2.45) is 0 Å². The van der Waals surface area contributed by atoms with Gasteiger partial charge in [0, 0.05) is 20.0 Å². The number of anilines is 1. The number of aryl methyl sites for hydroxylation is 1. The average Bonchev–Trinajstić information content (AvgIpc) is 2.51. The van der Waals surface area contributed by atoms with E-state index in [1.54, 1.807) is 14.0 Å². The molecule has 1 amide bonds. The lowest BCUT2D eigenvalue weighted by atomic mass is 10.4. The predicted molar refractivity (Wildman–Crippen MR) is 46.2 cm³/mol. The second-order valence-electron chi connectivity index (χ2n) is 2.50. The van der Waals surface area contributed by atoms with Crippen LogP contribution < -0.4 is 10.6 Å². The number of amides is 1. The zero-order valence-corrected chi connectivity index (χ0v) is 7.63. The van der Waals surface area contributed by atoms with Crippen LogP contribution in [-0.2, 0) is 4.79 Å². The average molecular weight is 184 g/mol. The van der Waals surface area contributed by atoms with Gasteiger partial charge in [-0.25, -0.2) is 0 Å². The van der Waals surface area contributed by atoms with E-state index < -0.39 is 0 Å². The lowest BCUT2D eigenvalue weighted by molar-refractivity contribution is -0.120. The second-order valence-corrected chi connectivity index (χ2v) is 2.50. The standard InChI is InChI=1S/C7H12N4O2/c1-5-10-7(13-11-5)9-4-3-6(12)8-2/h3-4H2,1-2H3,(H,8,12)(H,9,10,11). The third kappa shape index (κ3) is 3.10. The summed E-state index contributed by atoms with van der Waals surface area (Å²) >= 11 is 0. The maximum absolute atomic E-state index is 10.8. The molecule has 1 aromatic heterocycles. The van der Waals surface area contributed by atoms with Crippen LogP contribution in [0.3, 0.4) is 0 Å². The summed E-state index contributed by atoms with van der Waals surface area (Å²) in [6.07, 6.45) is 0.387. The summed E-state index contributed by atoms with van der Waals surface area (Å²) in [5.41, 5.74) is 0. The first-order chi connectivity index (χ1) is 6.22. The maximum Gasteiger partial charge on any atom is 0.321 e. The molecule has 1 rings (SSSR count). The Labute approximate surface area is 75.7 Å². The highest BCUT2D eigenvalue weighted by atomic mass is 16.5. The van der Waals surface area contributed by atoms with E-state index in [4.69, 9.17) is 4.52 Å². The van der Waals surface area contributed by atoms with E-state index in [1.807, 2.05) is 0 Å². The molecule has 72 valence electrons. The van der Waals surface area contributed by atoms with Gasteiger partial charge < -0.3 is 15.2 Å². The van der Waals surface area contributed by atoms with Crippen LogP contribution in [0.25, 0.3) is 0 Å². The van der Waals surface area contributed by atoms with Crippen LogP contribution in [0.2, 0.25) is 0 Å². The van der Waals surface area contributed by atoms with Crippen LogP contribution in [0.1, 0.15) is 12.2 Å². The van der Waals surface area contributed by atoms with E-state index in [9.17, 15) is 4.79 Å². The van der Waals surface area contributed by atoms with Crippen LogP contribution >= 0.6 is 0 Å². The molecule has 2 N–H and O–H groups in total. The molecule has 0 spiro atoms. The molecule has 0 atom stereocenters. The molecule has 0 aliphatic heterocycles. The smallest absolute Gasteiger partial charge is 0.321 e. The molecule has 1 aromatic rings. The van der Waals surface area contributed by atoms with Gasteiger partial charge in [0.05, 0.1) is 0 Å². The number of aromatic nitrogens is 2. The number of carbonyl (C=O) groups excluding carboxylic acids is 1. The molecular formula is C7H12N4O2. The van der Waals surface area contributed by atoms with E-state index in [0.717, 1.165) is 0 Å². The minimum atomic E-state index is -0.0243. The molecule has 0 bridgehead atoms. The molecule has 0 saturated carbocycles. The van der Waals surface area contributed by atoms with E-state index in [-0.39, 0.29) is 5.91 Å². The number of nitrogens with one attached hydrogen (secondary N) is 2. The second kappa shape index (κ2) is 4.44. The van der Waals surface area contributed by atoms with E-state index in [1.165, 1.54) is 0 Å². The Kier molecular flexibility index (Phi) is 3.24. The van der Waals surface area contributed by atoms with Crippen molar-refractivity contribution in [1.29, 1.82) is 0 Å². The molecule has 0 fully saturated rings. The van der Waals surface area contributed by atoms with Crippen LogP contribution in [0.15, 0.2) is 4.52 Å². The van der Waals surface area contributed by atoms with Gasteiger partial charge in [-0.1, -0.05) is 5.16 Å². The van der Waals surface area contributed by atoms with Crippen LogP contribution in [0, 0.1) is 6.92 Å². The highest BCUT2D eigenvalue weighted by Gasteiger charge is 2.02. The van der Waals surface area contributed by atoms with Crippen molar-refractivity contribution in [1.82, 2.24) is 15.5 Å². The molecule has 6 heteroatoms. The van der Waals surface area contributed by atoms with Gasteiger partial charge in [0.2, 0.25) is 5.91 Å². The van der Waals surface area contributed by atoms with Gasteiger partial charge in [-0.3, -0.25) is 4.79 Å². The van der Waals surface area contributed by atoms with Crippen LogP contribution in [0.5, 0.6) is 0 Å². The first-order valence-corrected chi connectivity index (χ1v) is 3.97. The van der Waals surface area contributed by atoms with Crippen molar-refractivity contribution >= 4 is 11.9 Å². The third-order valence-corrected chi connectivity index (χ3v) is 1.43. The maximum atomic E-state index is 10.8. The zero-order chi connectivity index (χ0) is 9.68. The van der Waals surface area contributed by atoms with Crippen molar-refractivity contribution < 1.29 is 9.32 Å². The van der Waals surface area contributed by atoms with Crippen molar-refractivity contribution in [2.45, 2.75) is 13.3 Å². The summed E-state index contributed by atoms with van der Waals surface area (Å²) in [5.74, 6) is 0.547. The Morgan fingerprint density at radius 1 is 1.62 bits per heavy atom. The predicted octanol–water partition coefficient (Wildman–Crippen LogP) is -0.0740. The quantitative estimate of drug-likeness (QED) is 0.684. The SMILES string of the molecule is CNC(=O)CCNc1nc(C)no1. The highest BCUT2D eigenvalue weighted by molar-refractivity contribution is 5.75. The Balaban J connectivity index is 2.24. The summed E-state index contributed by atoms with van der Waals surface area (Å²) in [4.78, 5) is 14.7. The molecule has 0 aromatic carbocycles. The highest BCUT2D eigenvalue weighted by Crippen LogP contribution is 2.01. The van der Waals surface area contributed by atoms with E-state index >= 15 is 0 Å². The van der Waals surface area contributed by atoms with E-state index in [2.05, 4.69) is 20.8 Å². The molecule has 1 heterocycles. The van der Waals surface area contributed by atoms with Crippen LogP contribution in [0.4, 0.5) is 6.01 Å². The minimum Gasteiger partial charge on any atom is -0.359 e. The first kappa shape index (κ1) is 9.50. The van der Waals surface area contributed by atoms with Gasteiger partial charge in [0.1, 0.15) is 0 Å². The molecule has 0 unspecified atom stereocenters. The molecule has 0 aliphatic carbocycles. The number of nitrogens with zero attached hydrogens (tertiary/aromatic N) is 2. The Morgan fingerprint density at radius 2 is 2.38 bits per heavy atom. The third-order valence-electron chi connectivity index (χ3n) is 1.43. The zero-order valence-electron chi connectivity index (χ0n) is 7.63. The van der Waals surface area contributed by atoms with Gasteiger partial charge >= 0.3 is 6.01 Å². The van der Waals surface area contributed by atoms with Crippen molar-refractivity contribution in [3.8, 4) is 0 Å². The largest absolute Gasteiger partial charge is 0.359 e. The summed E-state index contributed by atoms with van der Waals surface area (Å²) in [6.45, 7) is 2.22. The van der Waals surface area contributed by atoms with Crippen molar-refractivity contribution in [3.63, 3.8) is 0 Å². The first-order valence-electron chi connectivity index (χ1n) is 3.97. The summed E-state index contributed by atoms with van der Waals surface area (Å²) in [5, 5.41) is 8.93. The van der Waals surface area contributed by atoms with Gasteiger partial charge in [0.15, 0.2) is 5.82 Å². The number of hydrogen-bond acceptors (Lipinski definition) is 5. The van der Waals surface area contributed by atoms with Gasteiger partial charge in [-0.2, -0.15) is 4.98 Å². The summed E-state index contributed by atoms with van der Waals surface area (Å²) in [7, 11) is 1.60. The molecule has 6 nitrogen and oxygen atoms in total. The monoisotopic (exact) mass is 184 g/mol. The number of rotatable bonds is 4. The fourth-order valence-corrected chi connectivity index (χ4v) is 0.777. The fourth-order valence-electron chi connectivity index (χ4n) is 0.777. The fraction of sp³-hybridized carbons (Fsp3) is 0.571. The van der Waals surface area contributed by atoms with E-state index in [0.29, 0.717) is 24.8 Å². The minimum absolute atomic E-state index is 0.0243. The van der Waals surface area contributed by atoms with Crippen molar-refractivity contribution in [3.05, 3.63) is 5.82 Å². The Morgan fingerprint density at radius 3 is 2.92 bits per heavy atom. The lowest BCUT2D eigenvalue weighted by Crippen LogP contribution is -2.20. The number of hydrogen-bond donors (Lipinski definition) is 2. The molecule has 0 saturated heterocycles. The lowest BCUT2D eigenvalue weighted by Gasteiger charge is -1.98. The topological polar surface area (TPSA) is 80.0 Å². The van der Waals surface area contributed by atoms with Gasteiger partial charge in [-0.15, -0.1) is 0 Å². The molecule has 0 aliphatic rings. The number of carbonyl (C=O) groups is 1. The molecular weight excluding hydrogens is 172 g/mol. The molecule has 0 radical (unpaired) electrons. The van der Waals surface area contributed by atoms with Crippen molar-refractivity contribution in [2.75, 3.05) is 18.9 Å². The summed E-state index contributed by atoms with van der Waals surface area (Å²) in [6, 6.07) is 0.349. The van der Waals surface area contributed by atoms with Crippen LogP contribution in [-0.4, -0.2) is 29.6 Å². The normalized spacial score (nSPS) is 9.69.